The van der Waals surface area contributed by atoms with E-state index in [9.17, 15) is 13.2 Å². The summed E-state index contributed by atoms with van der Waals surface area (Å²) in [5, 5.41) is 0.159. The fourth-order valence-electron chi connectivity index (χ4n) is 2.38. The van der Waals surface area contributed by atoms with E-state index in [2.05, 4.69) is 10.2 Å². The maximum absolute atomic E-state index is 12.5. The van der Waals surface area contributed by atoms with Crippen LogP contribution in [0.25, 0.3) is 0 Å². The van der Waals surface area contributed by atoms with Crippen molar-refractivity contribution in [3.8, 4) is 5.75 Å². The minimum Gasteiger partial charge on any atom is -0.405 e. The van der Waals surface area contributed by atoms with Crippen molar-refractivity contribution in [2.24, 2.45) is 5.84 Å². The number of thioether (sulfide) groups is 1. The predicted octanol–water partition coefficient (Wildman–Crippen LogP) is 3.38. The third kappa shape index (κ3) is 4.04. The molecule has 1 aliphatic heterocycles. The van der Waals surface area contributed by atoms with E-state index in [1.54, 1.807) is 23.9 Å². The summed E-state index contributed by atoms with van der Waals surface area (Å²) in [6.45, 7) is 0. The van der Waals surface area contributed by atoms with Crippen LogP contribution in [0, 0.1) is 0 Å². The lowest BCUT2D eigenvalue weighted by Crippen LogP contribution is -2.37. The molecule has 0 amide bonds. The van der Waals surface area contributed by atoms with Crippen molar-refractivity contribution in [1.29, 1.82) is 0 Å². The lowest BCUT2D eigenvalue weighted by atomic mass is 9.99. The number of hydrogen-bond donors (Lipinski definition) is 2. The van der Waals surface area contributed by atoms with Crippen LogP contribution in [0.3, 0.4) is 0 Å². The highest BCUT2D eigenvalue weighted by atomic mass is 32.2. The van der Waals surface area contributed by atoms with Gasteiger partial charge < -0.3 is 4.74 Å². The SMILES string of the molecule is NNC(c1ccccc1OC(F)(F)F)C1CCCCS1. The molecule has 0 aromatic heterocycles. The molecule has 7 heteroatoms. The van der Waals surface area contributed by atoms with Crippen LogP contribution >= 0.6 is 11.8 Å². The molecule has 20 heavy (non-hydrogen) atoms. The standard InChI is InChI=1S/C13H17F3N2OS/c14-13(15,16)19-10-6-2-1-5-9(10)12(18-17)11-7-3-4-8-20-11/h1-2,5-6,11-12,18H,3-4,7-8,17H2. The first-order valence-corrected chi connectivity index (χ1v) is 7.48. The van der Waals surface area contributed by atoms with Crippen molar-refractivity contribution < 1.29 is 17.9 Å². The van der Waals surface area contributed by atoms with Gasteiger partial charge in [-0.25, -0.2) is 0 Å². The lowest BCUT2D eigenvalue weighted by Gasteiger charge is -2.30. The van der Waals surface area contributed by atoms with E-state index in [4.69, 9.17) is 5.84 Å². The first-order chi connectivity index (χ1) is 9.51. The Balaban J connectivity index is 2.24. The van der Waals surface area contributed by atoms with Crippen LogP contribution < -0.4 is 16.0 Å². The molecule has 3 N–H and O–H groups in total. The Labute approximate surface area is 120 Å². The Morgan fingerprint density at radius 2 is 2.05 bits per heavy atom. The summed E-state index contributed by atoms with van der Waals surface area (Å²) in [5.74, 6) is 6.39. The molecule has 112 valence electrons. The summed E-state index contributed by atoms with van der Waals surface area (Å²) in [7, 11) is 0. The number of benzene rings is 1. The number of para-hydroxylation sites is 1. The Kier molecular flexibility index (Phi) is 5.17. The van der Waals surface area contributed by atoms with Gasteiger partial charge in [0.2, 0.25) is 0 Å². The second-order valence-corrected chi connectivity index (χ2v) is 5.98. The Morgan fingerprint density at radius 3 is 2.65 bits per heavy atom. The smallest absolute Gasteiger partial charge is 0.405 e. The molecule has 1 fully saturated rings. The zero-order valence-corrected chi connectivity index (χ0v) is 11.6. The van der Waals surface area contributed by atoms with Crippen molar-refractivity contribution in [1.82, 2.24) is 5.43 Å². The Hall–Kier alpha value is -0.920. The number of hydrazine groups is 1. The molecule has 2 rings (SSSR count). The molecular weight excluding hydrogens is 289 g/mol. The average Bonchev–Trinajstić information content (AvgIpc) is 2.41. The minimum absolute atomic E-state index is 0.159. The molecule has 1 aliphatic rings. The molecule has 1 saturated heterocycles. The van der Waals surface area contributed by atoms with Gasteiger partial charge in [-0.2, -0.15) is 11.8 Å². The number of halogens is 3. The Bertz CT molecular complexity index is 436. The fraction of sp³-hybridized carbons (Fsp3) is 0.538. The van der Waals surface area contributed by atoms with Crippen LogP contribution in [0.2, 0.25) is 0 Å². The van der Waals surface area contributed by atoms with E-state index in [1.807, 2.05) is 0 Å². The van der Waals surface area contributed by atoms with Gasteiger partial charge in [-0.3, -0.25) is 11.3 Å². The molecule has 0 aliphatic carbocycles. The molecule has 0 spiro atoms. The van der Waals surface area contributed by atoms with E-state index in [0.717, 1.165) is 25.0 Å². The van der Waals surface area contributed by atoms with E-state index in [1.165, 1.54) is 12.1 Å². The van der Waals surface area contributed by atoms with E-state index < -0.39 is 6.36 Å². The summed E-state index contributed by atoms with van der Waals surface area (Å²) in [5.41, 5.74) is 3.10. The van der Waals surface area contributed by atoms with Crippen LogP contribution in [0.15, 0.2) is 24.3 Å². The lowest BCUT2D eigenvalue weighted by molar-refractivity contribution is -0.275. The van der Waals surface area contributed by atoms with Gasteiger partial charge in [-0.05, 0) is 24.7 Å². The zero-order valence-electron chi connectivity index (χ0n) is 10.8. The maximum Gasteiger partial charge on any atom is 0.573 e. The fourth-order valence-corrected chi connectivity index (χ4v) is 3.81. The monoisotopic (exact) mass is 306 g/mol. The first kappa shape index (κ1) is 15.5. The summed E-state index contributed by atoms with van der Waals surface area (Å²) < 4.78 is 41.5. The number of rotatable bonds is 4. The van der Waals surface area contributed by atoms with Crippen molar-refractivity contribution in [3.05, 3.63) is 29.8 Å². The quantitative estimate of drug-likeness (QED) is 0.661. The second kappa shape index (κ2) is 6.69. The maximum atomic E-state index is 12.5. The second-order valence-electron chi connectivity index (χ2n) is 4.63. The summed E-state index contributed by atoms with van der Waals surface area (Å²) in [4.78, 5) is 0. The van der Waals surface area contributed by atoms with Gasteiger partial charge in [0.15, 0.2) is 0 Å². The molecule has 1 aromatic rings. The molecule has 2 unspecified atom stereocenters. The van der Waals surface area contributed by atoms with Crippen molar-refractivity contribution in [3.63, 3.8) is 0 Å². The van der Waals surface area contributed by atoms with E-state index >= 15 is 0 Å². The molecule has 1 heterocycles. The summed E-state index contributed by atoms with van der Waals surface area (Å²) in [6.07, 6.45) is -1.56. The van der Waals surface area contributed by atoms with E-state index in [0.29, 0.717) is 5.56 Å². The molecule has 0 radical (unpaired) electrons. The summed E-state index contributed by atoms with van der Waals surface area (Å²) in [6, 6.07) is 5.81. The molecule has 1 aromatic carbocycles. The normalized spacial score (nSPS) is 21.5. The van der Waals surface area contributed by atoms with Gasteiger partial charge in [-0.15, -0.1) is 13.2 Å². The van der Waals surface area contributed by atoms with Gasteiger partial charge in [0, 0.05) is 10.8 Å². The molecule has 3 nitrogen and oxygen atoms in total. The molecule has 0 saturated carbocycles. The number of ether oxygens (including phenoxy) is 1. The van der Waals surface area contributed by atoms with E-state index in [-0.39, 0.29) is 17.0 Å². The molecular formula is C13H17F3N2OS. The van der Waals surface area contributed by atoms with Gasteiger partial charge in [0.25, 0.3) is 0 Å². The number of nitrogens with one attached hydrogen (secondary N) is 1. The average molecular weight is 306 g/mol. The molecule has 0 bridgehead atoms. The van der Waals surface area contributed by atoms with Crippen LogP contribution in [0.4, 0.5) is 13.2 Å². The minimum atomic E-state index is -4.70. The largest absolute Gasteiger partial charge is 0.573 e. The van der Waals surface area contributed by atoms with Crippen LogP contribution in [-0.2, 0) is 0 Å². The van der Waals surface area contributed by atoms with Crippen molar-refractivity contribution in [2.75, 3.05) is 5.75 Å². The third-order valence-corrected chi connectivity index (χ3v) is 4.71. The van der Waals surface area contributed by atoms with Gasteiger partial charge in [-0.1, -0.05) is 24.6 Å². The summed E-state index contributed by atoms with van der Waals surface area (Å²) >= 11 is 1.74. The third-order valence-electron chi connectivity index (χ3n) is 3.25. The molecule has 2 atom stereocenters. The predicted molar refractivity (Wildman–Crippen MR) is 73.3 cm³/mol. The first-order valence-electron chi connectivity index (χ1n) is 6.43. The van der Waals surface area contributed by atoms with Crippen LogP contribution in [-0.4, -0.2) is 17.4 Å². The van der Waals surface area contributed by atoms with Crippen LogP contribution in [0.1, 0.15) is 30.9 Å². The Morgan fingerprint density at radius 1 is 1.30 bits per heavy atom. The number of hydrogen-bond acceptors (Lipinski definition) is 4. The van der Waals surface area contributed by atoms with Gasteiger partial charge >= 0.3 is 6.36 Å². The highest BCUT2D eigenvalue weighted by Crippen LogP contribution is 2.38. The van der Waals surface area contributed by atoms with Crippen molar-refractivity contribution >= 4 is 11.8 Å². The van der Waals surface area contributed by atoms with Gasteiger partial charge in [0.1, 0.15) is 5.75 Å². The number of nitrogens with two attached hydrogens (primary N) is 1. The van der Waals surface area contributed by atoms with Crippen LogP contribution in [0.5, 0.6) is 5.75 Å². The van der Waals surface area contributed by atoms with Crippen molar-refractivity contribution in [2.45, 2.75) is 36.9 Å². The highest BCUT2D eigenvalue weighted by Gasteiger charge is 2.34. The van der Waals surface area contributed by atoms with Gasteiger partial charge in [0.05, 0.1) is 6.04 Å². The zero-order chi connectivity index (χ0) is 14.6. The highest BCUT2D eigenvalue weighted by molar-refractivity contribution is 8.00. The topological polar surface area (TPSA) is 47.3 Å². The number of alkyl halides is 3.